The number of piperazine rings is 1. The van der Waals surface area contributed by atoms with Crippen LogP contribution in [0.25, 0.3) is 0 Å². The van der Waals surface area contributed by atoms with Crippen LogP contribution < -0.4 is 10.6 Å². The standard InChI is InChI=1S/C17H23F2N3O/c18-13-4-5-15(19)16(11-13)21-6-8-22(9-7-21)17(23)12-2-1-3-14(20)10-12/h4-5,11-12,14H,1-3,6-10,20H2/t12-,14-/m1/s1. The van der Waals surface area contributed by atoms with Crippen molar-refractivity contribution in [2.75, 3.05) is 31.1 Å². The monoisotopic (exact) mass is 323 g/mol. The quantitative estimate of drug-likeness (QED) is 0.907. The number of anilines is 1. The van der Waals surface area contributed by atoms with Crippen molar-refractivity contribution in [2.24, 2.45) is 11.7 Å². The maximum atomic E-state index is 13.8. The number of rotatable bonds is 2. The molecule has 1 aliphatic carbocycles. The summed E-state index contributed by atoms with van der Waals surface area (Å²) in [6, 6.07) is 3.60. The van der Waals surface area contributed by atoms with E-state index < -0.39 is 11.6 Å². The van der Waals surface area contributed by atoms with E-state index in [1.165, 1.54) is 6.07 Å². The van der Waals surface area contributed by atoms with Gasteiger partial charge in [0.25, 0.3) is 0 Å². The highest BCUT2D eigenvalue weighted by Gasteiger charge is 2.31. The normalized spacial score (nSPS) is 25.5. The minimum absolute atomic E-state index is 0.0243. The molecule has 0 spiro atoms. The van der Waals surface area contributed by atoms with Gasteiger partial charge in [0.2, 0.25) is 5.91 Å². The predicted octanol–water partition coefficient (Wildman–Crippen LogP) is 2.13. The van der Waals surface area contributed by atoms with E-state index in [1.807, 2.05) is 4.90 Å². The first kappa shape index (κ1) is 16.2. The molecule has 0 unspecified atom stereocenters. The average molecular weight is 323 g/mol. The Morgan fingerprint density at radius 1 is 1.13 bits per heavy atom. The highest BCUT2D eigenvalue weighted by molar-refractivity contribution is 5.79. The van der Waals surface area contributed by atoms with E-state index in [2.05, 4.69) is 0 Å². The van der Waals surface area contributed by atoms with Gasteiger partial charge in [-0.3, -0.25) is 4.79 Å². The first-order chi connectivity index (χ1) is 11.0. The summed E-state index contributed by atoms with van der Waals surface area (Å²) in [5.74, 6) is -0.684. The molecule has 1 saturated heterocycles. The largest absolute Gasteiger partial charge is 0.366 e. The number of carbonyl (C=O) groups is 1. The van der Waals surface area contributed by atoms with Gasteiger partial charge >= 0.3 is 0 Å². The van der Waals surface area contributed by atoms with Gasteiger partial charge in [-0.05, 0) is 31.4 Å². The van der Waals surface area contributed by atoms with Crippen molar-refractivity contribution in [2.45, 2.75) is 31.7 Å². The number of nitrogens with two attached hydrogens (primary N) is 1. The number of nitrogens with zero attached hydrogens (tertiary/aromatic N) is 2. The minimum atomic E-state index is -0.448. The van der Waals surface area contributed by atoms with Crippen LogP contribution in [0.4, 0.5) is 14.5 Å². The zero-order valence-corrected chi connectivity index (χ0v) is 13.2. The van der Waals surface area contributed by atoms with Gasteiger partial charge < -0.3 is 15.5 Å². The van der Waals surface area contributed by atoms with E-state index in [9.17, 15) is 13.6 Å². The third-order valence-corrected chi connectivity index (χ3v) is 4.90. The van der Waals surface area contributed by atoms with Crippen LogP contribution in [-0.2, 0) is 4.79 Å². The second-order valence-electron chi connectivity index (χ2n) is 6.53. The lowest BCUT2D eigenvalue weighted by molar-refractivity contribution is -0.137. The van der Waals surface area contributed by atoms with Gasteiger partial charge in [-0.25, -0.2) is 8.78 Å². The molecule has 2 N–H and O–H groups in total. The molecule has 4 nitrogen and oxygen atoms in total. The molecule has 0 bridgehead atoms. The summed E-state index contributed by atoms with van der Waals surface area (Å²) < 4.78 is 27.2. The first-order valence-corrected chi connectivity index (χ1v) is 8.29. The number of amides is 1. The summed E-state index contributed by atoms with van der Waals surface area (Å²) >= 11 is 0. The summed E-state index contributed by atoms with van der Waals surface area (Å²) in [5, 5.41) is 0. The Kier molecular flexibility index (Phi) is 4.80. The van der Waals surface area contributed by atoms with Crippen LogP contribution in [0, 0.1) is 17.6 Å². The van der Waals surface area contributed by atoms with Gasteiger partial charge in [0.05, 0.1) is 5.69 Å². The number of hydrogen-bond donors (Lipinski definition) is 1. The van der Waals surface area contributed by atoms with Crippen molar-refractivity contribution in [3.63, 3.8) is 0 Å². The van der Waals surface area contributed by atoms with Crippen LogP contribution in [-0.4, -0.2) is 43.0 Å². The van der Waals surface area contributed by atoms with Gasteiger partial charge in [-0.15, -0.1) is 0 Å². The SMILES string of the molecule is N[C@@H]1CCC[C@@H](C(=O)N2CCN(c3cc(F)ccc3F)CC2)C1. The molecule has 1 saturated carbocycles. The van der Waals surface area contributed by atoms with Gasteiger partial charge in [-0.2, -0.15) is 0 Å². The van der Waals surface area contributed by atoms with Crippen LogP contribution in [0.1, 0.15) is 25.7 Å². The Bertz CT molecular complexity index is 573. The second-order valence-corrected chi connectivity index (χ2v) is 6.53. The molecule has 1 aromatic rings. The number of halogens is 2. The van der Waals surface area contributed by atoms with E-state index in [0.717, 1.165) is 37.8 Å². The summed E-state index contributed by atoms with van der Waals surface area (Å²) in [7, 11) is 0. The summed E-state index contributed by atoms with van der Waals surface area (Å²) in [6.45, 7) is 2.12. The zero-order valence-electron chi connectivity index (χ0n) is 13.2. The maximum Gasteiger partial charge on any atom is 0.225 e. The predicted molar refractivity (Wildman–Crippen MR) is 85.1 cm³/mol. The molecule has 1 amide bonds. The lowest BCUT2D eigenvalue weighted by Gasteiger charge is -2.38. The number of hydrogen-bond acceptors (Lipinski definition) is 3. The van der Waals surface area contributed by atoms with Crippen molar-refractivity contribution in [1.82, 2.24) is 4.90 Å². The molecule has 1 aliphatic heterocycles. The molecule has 3 rings (SSSR count). The molecule has 23 heavy (non-hydrogen) atoms. The van der Waals surface area contributed by atoms with Gasteiger partial charge in [0.15, 0.2) is 0 Å². The fourth-order valence-electron chi connectivity index (χ4n) is 3.61. The molecule has 0 radical (unpaired) electrons. The van der Waals surface area contributed by atoms with E-state index in [-0.39, 0.29) is 23.6 Å². The molecule has 2 atom stereocenters. The van der Waals surface area contributed by atoms with Crippen LogP contribution >= 0.6 is 0 Å². The smallest absolute Gasteiger partial charge is 0.225 e. The van der Waals surface area contributed by atoms with Crippen LogP contribution in [0.15, 0.2) is 18.2 Å². The number of benzene rings is 1. The minimum Gasteiger partial charge on any atom is -0.366 e. The van der Waals surface area contributed by atoms with Gasteiger partial charge in [0, 0.05) is 44.2 Å². The molecule has 1 aromatic carbocycles. The summed E-state index contributed by atoms with van der Waals surface area (Å²) in [4.78, 5) is 16.2. The fourth-order valence-corrected chi connectivity index (χ4v) is 3.61. The zero-order chi connectivity index (χ0) is 16.4. The molecule has 6 heteroatoms. The van der Waals surface area contributed by atoms with Crippen molar-refractivity contribution < 1.29 is 13.6 Å². The Balaban J connectivity index is 1.59. The van der Waals surface area contributed by atoms with Crippen molar-refractivity contribution in [3.05, 3.63) is 29.8 Å². The fraction of sp³-hybridized carbons (Fsp3) is 0.588. The van der Waals surface area contributed by atoms with Crippen molar-refractivity contribution in [3.8, 4) is 0 Å². The molecule has 126 valence electrons. The second kappa shape index (κ2) is 6.83. The van der Waals surface area contributed by atoms with Crippen molar-refractivity contribution in [1.29, 1.82) is 0 Å². The molecular formula is C17H23F2N3O. The average Bonchev–Trinajstić information content (AvgIpc) is 2.56. The van der Waals surface area contributed by atoms with E-state index in [4.69, 9.17) is 5.73 Å². The lowest BCUT2D eigenvalue weighted by atomic mass is 9.85. The Labute approximate surface area is 135 Å². The highest BCUT2D eigenvalue weighted by atomic mass is 19.1. The third-order valence-electron chi connectivity index (χ3n) is 4.90. The van der Waals surface area contributed by atoms with Crippen molar-refractivity contribution >= 4 is 11.6 Å². The van der Waals surface area contributed by atoms with Crippen LogP contribution in [0.5, 0.6) is 0 Å². The van der Waals surface area contributed by atoms with Gasteiger partial charge in [-0.1, -0.05) is 6.42 Å². The van der Waals surface area contributed by atoms with E-state index >= 15 is 0 Å². The van der Waals surface area contributed by atoms with E-state index in [1.54, 1.807) is 4.90 Å². The Morgan fingerprint density at radius 3 is 2.57 bits per heavy atom. The summed E-state index contributed by atoms with van der Waals surface area (Å²) in [6.07, 6.45) is 3.67. The Morgan fingerprint density at radius 2 is 1.87 bits per heavy atom. The topological polar surface area (TPSA) is 49.6 Å². The molecule has 2 fully saturated rings. The molecular weight excluding hydrogens is 300 g/mol. The van der Waals surface area contributed by atoms with Gasteiger partial charge in [0.1, 0.15) is 11.6 Å². The van der Waals surface area contributed by atoms with E-state index in [0.29, 0.717) is 26.2 Å². The molecule has 2 aliphatic rings. The highest BCUT2D eigenvalue weighted by Crippen LogP contribution is 2.26. The molecule has 1 heterocycles. The molecule has 0 aromatic heterocycles. The Hall–Kier alpha value is -1.69. The maximum absolute atomic E-state index is 13.8. The van der Waals surface area contributed by atoms with Crippen LogP contribution in [0.2, 0.25) is 0 Å². The van der Waals surface area contributed by atoms with Crippen LogP contribution in [0.3, 0.4) is 0 Å². The summed E-state index contributed by atoms with van der Waals surface area (Å²) in [5.41, 5.74) is 6.24. The third kappa shape index (κ3) is 3.63. The first-order valence-electron chi connectivity index (χ1n) is 8.29. The number of carbonyl (C=O) groups excluding carboxylic acids is 1. The lowest BCUT2D eigenvalue weighted by Crippen LogP contribution is -2.51.